The zero-order valence-corrected chi connectivity index (χ0v) is 22.3. The predicted octanol–water partition coefficient (Wildman–Crippen LogP) is 1.71. The van der Waals surface area contributed by atoms with Gasteiger partial charge in [-0.1, -0.05) is 39.8 Å². The molecule has 0 N–H and O–H groups in total. The van der Waals surface area contributed by atoms with Gasteiger partial charge in [0.15, 0.2) is 0 Å². The van der Waals surface area contributed by atoms with Crippen LogP contribution in [0.5, 0.6) is 0 Å². The van der Waals surface area contributed by atoms with Crippen molar-refractivity contribution in [3.8, 4) is 0 Å². The molecule has 8 unspecified atom stereocenters. The molecule has 0 radical (unpaired) electrons. The van der Waals surface area contributed by atoms with E-state index in [-0.39, 0.29) is 71.0 Å². The van der Waals surface area contributed by atoms with Crippen LogP contribution in [-0.2, 0) is 19.2 Å². The van der Waals surface area contributed by atoms with Gasteiger partial charge in [0.1, 0.15) is 0 Å². The Morgan fingerprint density at radius 3 is 1.25 bits per heavy atom. The quantitative estimate of drug-likeness (QED) is 0.301. The van der Waals surface area contributed by atoms with Crippen LogP contribution >= 0.6 is 0 Å². The standard InChI is InChI=1S/C28H42N4O4/c1-5-29(6-2)13-9-15-31-25(33)21-17-11-12-18(22(21)26(31)34)20-19(17)23-24(20)28(36)32(27(23)35)16-10-14-30(7-3)8-4/h11-12,17-24H,5-10,13-16H2,1-4H3. The Kier molecular flexibility index (Phi) is 7.11. The molecule has 0 spiro atoms. The summed E-state index contributed by atoms with van der Waals surface area (Å²) in [6.45, 7) is 15.0. The Hall–Kier alpha value is -2.06. The van der Waals surface area contributed by atoms with Crippen molar-refractivity contribution in [1.29, 1.82) is 0 Å². The number of rotatable bonds is 12. The van der Waals surface area contributed by atoms with Gasteiger partial charge in [0.05, 0.1) is 23.7 Å². The Morgan fingerprint density at radius 1 is 0.583 bits per heavy atom. The number of imide groups is 2. The van der Waals surface area contributed by atoms with Crippen LogP contribution in [0.3, 0.4) is 0 Å². The zero-order valence-electron chi connectivity index (χ0n) is 22.3. The number of fused-ring (bicyclic) bond motifs is 1. The molecule has 8 atom stereocenters. The van der Waals surface area contributed by atoms with Gasteiger partial charge in [-0.3, -0.25) is 29.0 Å². The van der Waals surface area contributed by atoms with Crippen molar-refractivity contribution >= 4 is 23.6 Å². The molecule has 2 aliphatic heterocycles. The number of carbonyl (C=O) groups is 4. The van der Waals surface area contributed by atoms with Crippen molar-refractivity contribution < 1.29 is 19.2 Å². The summed E-state index contributed by atoms with van der Waals surface area (Å²) >= 11 is 0. The highest BCUT2D eigenvalue weighted by Crippen LogP contribution is 2.68. The van der Waals surface area contributed by atoms with Gasteiger partial charge in [0, 0.05) is 13.1 Å². The van der Waals surface area contributed by atoms with Crippen LogP contribution in [0, 0.1) is 47.3 Å². The molecule has 36 heavy (non-hydrogen) atoms. The molecule has 0 aromatic carbocycles. The Morgan fingerprint density at radius 2 is 0.917 bits per heavy atom. The van der Waals surface area contributed by atoms with Crippen LogP contribution in [0.4, 0.5) is 0 Å². The van der Waals surface area contributed by atoms with E-state index in [1.807, 2.05) is 0 Å². The molecule has 8 nitrogen and oxygen atoms in total. The highest BCUT2D eigenvalue weighted by Gasteiger charge is 2.74. The van der Waals surface area contributed by atoms with E-state index in [1.54, 1.807) is 0 Å². The molecule has 6 aliphatic rings. The lowest BCUT2D eigenvalue weighted by atomic mass is 9.40. The van der Waals surface area contributed by atoms with Crippen molar-refractivity contribution in [3.63, 3.8) is 0 Å². The lowest BCUT2D eigenvalue weighted by Crippen LogP contribution is -2.63. The molecular weight excluding hydrogens is 456 g/mol. The van der Waals surface area contributed by atoms with E-state index in [1.165, 1.54) is 9.80 Å². The average Bonchev–Trinajstić information content (AvgIpc) is 3.24. The van der Waals surface area contributed by atoms with Crippen LogP contribution in [0.25, 0.3) is 0 Å². The molecule has 4 amide bonds. The van der Waals surface area contributed by atoms with Crippen LogP contribution in [0.1, 0.15) is 40.5 Å². The first-order valence-corrected chi connectivity index (χ1v) is 14.2. The SMILES string of the molecule is CCN(CC)CCCN1C(=O)C2C3C=CC(C2C1=O)C1C2C(=O)N(CCCN(CC)CC)C(=O)C2C31. The Bertz CT molecular complexity index is 886. The van der Waals surface area contributed by atoms with Crippen molar-refractivity contribution in [3.05, 3.63) is 12.2 Å². The van der Waals surface area contributed by atoms with Gasteiger partial charge in [-0.25, -0.2) is 0 Å². The van der Waals surface area contributed by atoms with Gasteiger partial charge in [0.25, 0.3) is 0 Å². The third-order valence-electron chi connectivity index (χ3n) is 10.0. The van der Waals surface area contributed by atoms with Crippen molar-refractivity contribution in [2.75, 3.05) is 52.4 Å². The van der Waals surface area contributed by atoms with E-state index in [0.29, 0.717) is 13.1 Å². The topological polar surface area (TPSA) is 81.2 Å². The molecule has 4 aliphatic carbocycles. The third kappa shape index (κ3) is 3.70. The summed E-state index contributed by atoms with van der Waals surface area (Å²) in [6.07, 6.45) is 5.74. The Labute approximate surface area is 215 Å². The maximum absolute atomic E-state index is 13.5. The van der Waals surface area contributed by atoms with E-state index < -0.39 is 0 Å². The zero-order chi connectivity index (χ0) is 25.7. The molecule has 8 heteroatoms. The third-order valence-corrected chi connectivity index (χ3v) is 10.0. The summed E-state index contributed by atoms with van der Waals surface area (Å²) in [5.74, 6) is -1.73. The first-order valence-electron chi connectivity index (χ1n) is 14.2. The van der Waals surface area contributed by atoms with Gasteiger partial charge in [-0.05, 0) is 75.8 Å². The Balaban J connectivity index is 1.28. The monoisotopic (exact) mass is 498 g/mol. The summed E-state index contributed by atoms with van der Waals surface area (Å²) in [5, 5.41) is 0. The summed E-state index contributed by atoms with van der Waals surface area (Å²) in [4.78, 5) is 61.3. The molecule has 6 rings (SSSR count). The molecular formula is C28H42N4O4. The molecule has 2 saturated heterocycles. The van der Waals surface area contributed by atoms with E-state index in [2.05, 4.69) is 49.6 Å². The van der Waals surface area contributed by atoms with Crippen molar-refractivity contribution in [2.24, 2.45) is 47.3 Å². The highest BCUT2D eigenvalue weighted by molar-refractivity contribution is 6.09. The van der Waals surface area contributed by atoms with Gasteiger partial charge < -0.3 is 9.80 Å². The van der Waals surface area contributed by atoms with Crippen LogP contribution in [-0.4, -0.2) is 95.6 Å². The van der Waals surface area contributed by atoms with Gasteiger partial charge in [0.2, 0.25) is 23.6 Å². The molecule has 0 aromatic rings. The first-order chi connectivity index (χ1) is 17.4. The highest BCUT2D eigenvalue weighted by atomic mass is 16.2. The fourth-order valence-electron chi connectivity index (χ4n) is 8.15. The van der Waals surface area contributed by atoms with E-state index in [0.717, 1.165) is 52.1 Å². The number of carbonyl (C=O) groups excluding carboxylic acids is 4. The minimum Gasteiger partial charge on any atom is -0.304 e. The van der Waals surface area contributed by atoms with Crippen LogP contribution < -0.4 is 0 Å². The molecule has 0 aromatic heterocycles. The number of hydrogen-bond acceptors (Lipinski definition) is 6. The fourth-order valence-corrected chi connectivity index (χ4v) is 8.15. The summed E-state index contributed by atoms with van der Waals surface area (Å²) in [7, 11) is 0. The molecule has 4 fully saturated rings. The minimum atomic E-state index is -0.359. The maximum atomic E-state index is 13.5. The van der Waals surface area contributed by atoms with Gasteiger partial charge >= 0.3 is 0 Å². The van der Waals surface area contributed by atoms with E-state index >= 15 is 0 Å². The smallest absolute Gasteiger partial charge is 0.233 e. The number of nitrogens with zero attached hydrogens (tertiary/aromatic N) is 4. The fraction of sp³-hybridized carbons (Fsp3) is 0.786. The lowest BCUT2D eigenvalue weighted by molar-refractivity contribution is -0.166. The van der Waals surface area contributed by atoms with Crippen molar-refractivity contribution in [1.82, 2.24) is 19.6 Å². The van der Waals surface area contributed by atoms with E-state index in [4.69, 9.17) is 0 Å². The van der Waals surface area contributed by atoms with Gasteiger partial charge in [-0.15, -0.1) is 0 Å². The molecule has 2 saturated carbocycles. The van der Waals surface area contributed by atoms with Crippen molar-refractivity contribution in [2.45, 2.75) is 40.5 Å². The first kappa shape index (κ1) is 25.6. The summed E-state index contributed by atoms with van der Waals surface area (Å²) < 4.78 is 0. The van der Waals surface area contributed by atoms with Crippen LogP contribution in [0.2, 0.25) is 0 Å². The predicted molar refractivity (Wildman–Crippen MR) is 135 cm³/mol. The summed E-state index contributed by atoms with van der Waals surface area (Å²) in [6, 6.07) is 0. The second-order valence-corrected chi connectivity index (χ2v) is 11.2. The van der Waals surface area contributed by atoms with Gasteiger partial charge in [-0.2, -0.15) is 0 Å². The average molecular weight is 499 g/mol. The molecule has 198 valence electrons. The maximum Gasteiger partial charge on any atom is 0.233 e. The number of amides is 4. The summed E-state index contributed by atoms with van der Waals surface area (Å²) in [5.41, 5.74) is 0. The molecule has 2 heterocycles. The van der Waals surface area contributed by atoms with E-state index in [9.17, 15) is 19.2 Å². The number of hydrogen-bond donors (Lipinski definition) is 0. The second-order valence-electron chi connectivity index (χ2n) is 11.2. The number of allylic oxidation sites excluding steroid dienone is 2. The molecule has 2 bridgehead atoms. The normalized spacial score (nSPS) is 36.3. The lowest BCUT2D eigenvalue weighted by Gasteiger charge is -2.60. The minimum absolute atomic E-state index is 0.0165. The van der Waals surface area contributed by atoms with Crippen LogP contribution in [0.15, 0.2) is 12.2 Å². The second kappa shape index (κ2) is 10.0. The largest absolute Gasteiger partial charge is 0.304 e. The number of likely N-dealkylation sites (tertiary alicyclic amines) is 2.